The highest BCUT2D eigenvalue weighted by atomic mass is 15.1. The summed E-state index contributed by atoms with van der Waals surface area (Å²) in [5.74, 6) is 12.2. The van der Waals surface area contributed by atoms with Crippen molar-refractivity contribution in [3.63, 3.8) is 0 Å². The SMILES string of the molecule is CCCCCc1ccc(C#CC#Cc2ccc(N(CC)CCCC)cc2)cc1. The van der Waals surface area contributed by atoms with Crippen LogP contribution in [0.5, 0.6) is 0 Å². The van der Waals surface area contributed by atoms with Crippen molar-refractivity contribution in [1.82, 2.24) is 0 Å². The molecular formula is C27H33N. The monoisotopic (exact) mass is 371 g/mol. The molecule has 0 aliphatic heterocycles. The Hall–Kier alpha value is -2.64. The molecule has 28 heavy (non-hydrogen) atoms. The van der Waals surface area contributed by atoms with Crippen LogP contribution < -0.4 is 4.90 Å². The minimum Gasteiger partial charge on any atom is -0.372 e. The van der Waals surface area contributed by atoms with Gasteiger partial charge in [0, 0.05) is 29.9 Å². The van der Waals surface area contributed by atoms with E-state index in [4.69, 9.17) is 0 Å². The van der Waals surface area contributed by atoms with Crippen molar-refractivity contribution in [1.29, 1.82) is 0 Å². The molecule has 0 fully saturated rings. The third-order valence-corrected chi connectivity index (χ3v) is 4.89. The predicted molar refractivity (Wildman–Crippen MR) is 123 cm³/mol. The summed E-state index contributed by atoms with van der Waals surface area (Å²) < 4.78 is 0. The number of hydrogen-bond acceptors (Lipinski definition) is 1. The van der Waals surface area contributed by atoms with Crippen molar-refractivity contribution in [2.75, 3.05) is 18.0 Å². The number of nitrogens with zero attached hydrogens (tertiary/aromatic N) is 1. The van der Waals surface area contributed by atoms with Gasteiger partial charge in [0.15, 0.2) is 0 Å². The minimum absolute atomic E-state index is 1.01. The zero-order valence-corrected chi connectivity index (χ0v) is 17.7. The molecular weight excluding hydrogens is 338 g/mol. The van der Waals surface area contributed by atoms with Gasteiger partial charge in [0.05, 0.1) is 0 Å². The molecule has 2 rings (SSSR count). The molecule has 0 bridgehead atoms. The maximum atomic E-state index is 3.15. The van der Waals surface area contributed by atoms with E-state index >= 15 is 0 Å². The van der Waals surface area contributed by atoms with Crippen molar-refractivity contribution in [3.8, 4) is 23.7 Å². The van der Waals surface area contributed by atoms with E-state index < -0.39 is 0 Å². The average Bonchev–Trinajstić information content (AvgIpc) is 2.74. The molecule has 0 N–H and O–H groups in total. The first kappa shape index (κ1) is 21.7. The summed E-state index contributed by atoms with van der Waals surface area (Å²) in [7, 11) is 0. The number of hydrogen-bond donors (Lipinski definition) is 0. The lowest BCUT2D eigenvalue weighted by Gasteiger charge is -2.22. The highest BCUT2D eigenvalue weighted by Crippen LogP contribution is 2.15. The maximum absolute atomic E-state index is 3.15. The highest BCUT2D eigenvalue weighted by Gasteiger charge is 2.02. The molecule has 0 spiro atoms. The van der Waals surface area contributed by atoms with Crippen molar-refractivity contribution >= 4 is 5.69 Å². The van der Waals surface area contributed by atoms with Crippen molar-refractivity contribution in [3.05, 3.63) is 65.2 Å². The lowest BCUT2D eigenvalue weighted by atomic mass is 10.1. The van der Waals surface area contributed by atoms with Crippen LogP contribution in [0.2, 0.25) is 0 Å². The van der Waals surface area contributed by atoms with Gasteiger partial charge in [0.25, 0.3) is 0 Å². The van der Waals surface area contributed by atoms with E-state index in [1.807, 2.05) is 0 Å². The Balaban J connectivity index is 1.92. The molecule has 0 amide bonds. The molecule has 0 saturated carbocycles. The Morgan fingerprint density at radius 2 is 1.25 bits per heavy atom. The van der Waals surface area contributed by atoms with Gasteiger partial charge in [-0.3, -0.25) is 0 Å². The molecule has 2 aromatic carbocycles. The molecule has 0 radical (unpaired) electrons. The molecule has 0 atom stereocenters. The van der Waals surface area contributed by atoms with Crippen molar-refractivity contribution in [2.24, 2.45) is 0 Å². The third kappa shape index (κ3) is 7.54. The molecule has 2 aromatic rings. The molecule has 1 heteroatoms. The molecule has 0 aliphatic rings. The first-order chi connectivity index (χ1) is 13.8. The second-order valence-electron chi connectivity index (χ2n) is 7.13. The summed E-state index contributed by atoms with van der Waals surface area (Å²) in [6.45, 7) is 8.82. The third-order valence-electron chi connectivity index (χ3n) is 4.89. The lowest BCUT2D eigenvalue weighted by molar-refractivity contribution is 0.717. The Bertz CT molecular complexity index is 807. The van der Waals surface area contributed by atoms with E-state index in [-0.39, 0.29) is 0 Å². The summed E-state index contributed by atoms with van der Waals surface area (Å²) in [5.41, 5.74) is 4.70. The minimum atomic E-state index is 1.01. The quantitative estimate of drug-likeness (QED) is 0.362. The Labute approximate surface area is 172 Å². The van der Waals surface area contributed by atoms with Crippen LogP contribution >= 0.6 is 0 Å². The van der Waals surface area contributed by atoms with Gasteiger partial charge in [-0.1, -0.05) is 57.1 Å². The van der Waals surface area contributed by atoms with Crippen LogP contribution in [0, 0.1) is 23.7 Å². The van der Waals surface area contributed by atoms with Gasteiger partial charge in [0.2, 0.25) is 0 Å². The van der Waals surface area contributed by atoms with Gasteiger partial charge in [-0.2, -0.15) is 0 Å². The van der Waals surface area contributed by atoms with Crippen LogP contribution in [-0.4, -0.2) is 13.1 Å². The van der Waals surface area contributed by atoms with Gasteiger partial charge < -0.3 is 4.90 Å². The standard InChI is InChI=1S/C27H33N/c1-4-7-9-12-24-15-17-25(18-16-24)13-10-11-14-26-19-21-27(22-20-26)28(6-3)23-8-5-2/h15-22H,4-9,12,23H2,1-3H3. The van der Waals surface area contributed by atoms with Crippen LogP contribution in [0.1, 0.15) is 69.6 Å². The number of aryl methyl sites for hydroxylation is 1. The fourth-order valence-electron chi connectivity index (χ4n) is 3.12. The van der Waals surface area contributed by atoms with Gasteiger partial charge in [-0.15, -0.1) is 0 Å². The first-order valence-corrected chi connectivity index (χ1v) is 10.7. The summed E-state index contributed by atoms with van der Waals surface area (Å²) >= 11 is 0. The largest absolute Gasteiger partial charge is 0.372 e. The summed E-state index contributed by atoms with van der Waals surface area (Å²) in [6.07, 6.45) is 7.44. The molecule has 0 aromatic heterocycles. The van der Waals surface area contributed by atoms with E-state index in [9.17, 15) is 0 Å². The van der Waals surface area contributed by atoms with Gasteiger partial charge in [-0.25, -0.2) is 0 Å². The van der Waals surface area contributed by atoms with Crippen molar-refractivity contribution < 1.29 is 0 Å². The van der Waals surface area contributed by atoms with E-state index in [2.05, 4.69) is 97.9 Å². The average molecular weight is 372 g/mol. The zero-order chi connectivity index (χ0) is 20.0. The summed E-state index contributed by atoms with van der Waals surface area (Å²) in [4.78, 5) is 2.41. The fraction of sp³-hybridized carbons (Fsp3) is 0.407. The second kappa shape index (κ2) is 12.7. The van der Waals surface area contributed by atoms with Gasteiger partial charge in [-0.05, 0) is 80.0 Å². The van der Waals surface area contributed by atoms with Crippen LogP contribution in [-0.2, 0) is 6.42 Å². The maximum Gasteiger partial charge on any atom is 0.0366 e. The molecule has 0 unspecified atom stereocenters. The van der Waals surface area contributed by atoms with Crippen LogP contribution in [0.3, 0.4) is 0 Å². The molecule has 0 heterocycles. The second-order valence-corrected chi connectivity index (χ2v) is 7.13. The van der Waals surface area contributed by atoms with Gasteiger partial charge in [0.1, 0.15) is 0 Å². The van der Waals surface area contributed by atoms with Crippen LogP contribution in [0.15, 0.2) is 48.5 Å². The number of anilines is 1. The Morgan fingerprint density at radius 1 is 0.679 bits per heavy atom. The molecule has 0 aliphatic carbocycles. The smallest absolute Gasteiger partial charge is 0.0366 e. The van der Waals surface area contributed by atoms with E-state index in [0.29, 0.717) is 0 Å². The number of rotatable bonds is 9. The number of unbranched alkanes of at least 4 members (excludes halogenated alkanes) is 3. The van der Waals surface area contributed by atoms with E-state index in [1.165, 1.54) is 43.4 Å². The van der Waals surface area contributed by atoms with Crippen LogP contribution in [0.25, 0.3) is 0 Å². The lowest BCUT2D eigenvalue weighted by Crippen LogP contribution is -2.23. The normalized spacial score (nSPS) is 9.82. The number of benzene rings is 2. The van der Waals surface area contributed by atoms with Gasteiger partial charge >= 0.3 is 0 Å². The highest BCUT2D eigenvalue weighted by molar-refractivity contribution is 5.52. The first-order valence-electron chi connectivity index (χ1n) is 10.7. The predicted octanol–water partition coefficient (Wildman–Crippen LogP) is 6.45. The molecule has 146 valence electrons. The van der Waals surface area contributed by atoms with E-state index in [1.54, 1.807) is 0 Å². The summed E-state index contributed by atoms with van der Waals surface area (Å²) in [5, 5.41) is 0. The molecule has 0 saturated heterocycles. The van der Waals surface area contributed by atoms with Crippen molar-refractivity contribution in [2.45, 2.75) is 59.3 Å². The van der Waals surface area contributed by atoms with Crippen LogP contribution in [0.4, 0.5) is 5.69 Å². The Kier molecular flexibility index (Phi) is 9.82. The fourth-order valence-corrected chi connectivity index (χ4v) is 3.12. The topological polar surface area (TPSA) is 3.24 Å². The summed E-state index contributed by atoms with van der Waals surface area (Å²) in [6, 6.07) is 17.1. The Morgan fingerprint density at radius 3 is 1.79 bits per heavy atom. The van der Waals surface area contributed by atoms with E-state index in [0.717, 1.165) is 30.6 Å². The zero-order valence-electron chi connectivity index (χ0n) is 17.7. The molecule has 1 nitrogen and oxygen atoms in total.